The fraction of sp³-hybridized carbons (Fsp3) is 0.294. The van der Waals surface area contributed by atoms with Gasteiger partial charge in [-0.15, -0.1) is 0 Å². The Balaban J connectivity index is 2.01. The van der Waals surface area contributed by atoms with Crippen LogP contribution in [0.1, 0.15) is 23.6 Å². The maximum atomic E-state index is 6.13. The van der Waals surface area contributed by atoms with Gasteiger partial charge in [0.05, 0.1) is 5.02 Å². The molecule has 0 spiro atoms. The van der Waals surface area contributed by atoms with Crippen LogP contribution in [-0.2, 0) is 13.2 Å². The molecule has 2 nitrogen and oxygen atoms in total. The van der Waals surface area contributed by atoms with Crippen LogP contribution in [0.2, 0.25) is 5.02 Å². The maximum Gasteiger partial charge on any atom is 0.138 e. The molecule has 0 heterocycles. The van der Waals surface area contributed by atoms with Crippen molar-refractivity contribution in [2.75, 3.05) is 6.54 Å². The van der Waals surface area contributed by atoms with E-state index in [1.54, 1.807) is 0 Å². The molecule has 2 aromatic rings. The largest absolute Gasteiger partial charge is 0.487 e. The summed E-state index contributed by atoms with van der Waals surface area (Å²) < 4.78 is 5.81. The van der Waals surface area contributed by atoms with Crippen molar-refractivity contribution in [3.63, 3.8) is 0 Å². The highest BCUT2D eigenvalue weighted by Crippen LogP contribution is 2.26. The number of aryl methyl sites for hydroxylation is 1. The van der Waals surface area contributed by atoms with Crippen LogP contribution >= 0.6 is 11.6 Å². The molecule has 20 heavy (non-hydrogen) atoms. The van der Waals surface area contributed by atoms with Crippen LogP contribution in [0.5, 0.6) is 5.75 Å². The standard InChI is InChI=1S/C17H20ClNO/c1-3-19-11-14-5-4-6-15(10-14)12-20-17-9-13(2)7-8-16(17)18/h4-10,19H,3,11-12H2,1-2H3. The van der Waals surface area contributed by atoms with Crippen LogP contribution in [0.4, 0.5) is 0 Å². The Kier molecular flexibility index (Phi) is 5.45. The third kappa shape index (κ3) is 4.26. The predicted molar refractivity (Wildman–Crippen MR) is 84.3 cm³/mol. The predicted octanol–water partition coefficient (Wildman–Crippen LogP) is 4.34. The first kappa shape index (κ1) is 14.9. The molecule has 2 aromatic carbocycles. The van der Waals surface area contributed by atoms with E-state index in [2.05, 4.69) is 36.5 Å². The number of halogens is 1. The van der Waals surface area contributed by atoms with Gasteiger partial charge >= 0.3 is 0 Å². The molecule has 1 N–H and O–H groups in total. The van der Waals surface area contributed by atoms with Crippen LogP contribution < -0.4 is 10.1 Å². The maximum absolute atomic E-state index is 6.13. The minimum Gasteiger partial charge on any atom is -0.487 e. The van der Waals surface area contributed by atoms with E-state index in [1.807, 2.05) is 25.1 Å². The van der Waals surface area contributed by atoms with Crippen LogP contribution in [0.25, 0.3) is 0 Å². The second kappa shape index (κ2) is 7.32. The highest BCUT2D eigenvalue weighted by atomic mass is 35.5. The molecule has 0 atom stereocenters. The highest BCUT2D eigenvalue weighted by molar-refractivity contribution is 6.32. The lowest BCUT2D eigenvalue weighted by molar-refractivity contribution is 0.306. The fourth-order valence-electron chi connectivity index (χ4n) is 1.98. The number of ether oxygens (including phenoxy) is 1. The fourth-order valence-corrected chi connectivity index (χ4v) is 2.15. The second-order valence-corrected chi connectivity index (χ2v) is 5.23. The zero-order valence-corrected chi connectivity index (χ0v) is 12.7. The molecule has 0 unspecified atom stereocenters. The van der Waals surface area contributed by atoms with Crippen molar-refractivity contribution < 1.29 is 4.74 Å². The van der Waals surface area contributed by atoms with Gasteiger partial charge in [-0.25, -0.2) is 0 Å². The van der Waals surface area contributed by atoms with E-state index in [1.165, 1.54) is 5.56 Å². The monoisotopic (exact) mass is 289 g/mol. The third-order valence-electron chi connectivity index (χ3n) is 3.05. The summed E-state index contributed by atoms with van der Waals surface area (Å²) in [6.45, 7) is 6.52. The third-order valence-corrected chi connectivity index (χ3v) is 3.36. The second-order valence-electron chi connectivity index (χ2n) is 4.82. The normalized spacial score (nSPS) is 10.6. The Labute approximate surface area is 125 Å². The summed E-state index contributed by atoms with van der Waals surface area (Å²) in [5, 5.41) is 3.97. The lowest BCUT2D eigenvalue weighted by atomic mass is 10.1. The molecule has 2 rings (SSSR count). The molecule has 0 aliphatic rings. The van der Waals surface area contributed by atoms with Crippen molar-refractivity contribution in [1.29, 1.82) is 0 Å². The summed E-state index contributed by atoms with van der Waals surface area (Å²) in [5.74, 6) is 0.740. The Hall–Kier alpha value is -1.51. The van der Waals surface area contributed by atoms with Crippen molar-refractivity contribution in [2.24, 2.45) is 0 Å². The number of hydrogen-bond acceptors (Lipinski definition) is 2. The molecule has 106 valence electrons. The van der Waals surface area contributed by atoms with Crippen LogP contribution in [0.15, 0.2) is 42.5 Å². The minimum absolute atomic E-state index is 0.531. The van der Waals surface area contributed by atoms with Crippen LogP contribution in [0.3, 0.4) is 0 Å². The topological polar surface area (TPSA) is 21.3 Å². The van der Waals surface area contributed by atoms with Gasteiger partial charge < -0.3 is 10.1 Å². The number of hydrogen-bond donors (Lipinski definition) is 1. The molecule has 0 fully saturated rings. The molecule has 0 aromatic heterocycles. The Bertz CT molecular complexity index is 569. The van der Waals surface area contributed by atoms with E-state index in [0.717, 1.165) is 30.0 Å². The Morgan fingerprint density at radius 1 is 1.10 bits per heavy atom. The van der Waals surface area contributed by atoms with E-state index in [-0.39, 0.29) is 0 Å². The molecule has 0 aliphatic heterocycles. The number of benzene rings is 2. The van der Waals surface area contributed by atoms with Crippen molar-refractivity contribution >= 4 is 11.6 Å². The van der Waals surface area contributed by atoms with Crippen molar-refractivity contribution in [1.82, 2.24) is 5.32 Å². The highest BCUT2D eigenvalue weighted by Gasteiger charge is 2.03. The molecule has 0 saturated carbocycles. The zero-order chi connectivity index (χ0) is 14.4. The SMILES string of the molecule is CCNCc1cccc(COc2cc(C)ccc2Cl)c1. The van der Waals surface area contributed by atoms with Gasteiger partial charge in [0, 0.05) is 6.54 Å². The Morgan fingerprint density at radius 2 is 1.90 bits per heavy atom. The molecule has 0 radical (unpaired) electrons. The quantitative estimate of drug-likeness (QED) is 0.854. The van der Waals surface area contributed by atoms with E-state index in [0.29, 0.717) is 11.6 Å². The van der Waals surface area contributed by atoms with Gasteiger partial charge in [-0.3, -0.25) is 0 Å². The summed E-state index contributed by atoms with van der Waals surface area (Å²) in [6, 6.07) is 14.2. The molecular formula is C17H20ClNO. The van der Waals surface area contributed by atoms with Crippen molar-refractivity contribution in [3.8, 4) is 5.75 Å². The van der Waals surface area contributed by atoms with Crippen LogP contribution in [0, 0.1) is 6.92 Å². The first-order valence-corrected chi connectivity index (χ1v) is 7.24. The van der Waals surface area contributed by atoms with Gasteiger partial charge in [0.15, 0.2) is 0 Å². The lowest BCUT2D eigenvalue weighted by Crippen LogP contribution is -2.11. The minimum atomic E-state index is 0.531. The van der Waals surface area contributed by atoms with Gasteiger partial charge in [0.1, 0.15) is 12.4 Å². The average Bonchev–Trinajstić information content (AvgIpc) is 2.46. The number of nitrogens with one attached hydrogen (secondary N) is 1. The summed E-state index contributed by atoms with van der Waals surface area (Å²) in [7, 11) is 0. The van der Waals surface area contributed by atoms with Gasteiger partial charge in [-0.1, -0.05) is 48.9 Å². The van der Waals surface area contributed by atoms with E-state index < -0.39 is 0 Å². The smallest absolute Gasteiger partial charge is 0.138 e. The summed E-state index contributed by atoms with van der Waals surface area (Å²) in [5.41, 5.74) is 3.56. The molecular weight excluding hydrogens is 270 g/mol. The van der Waals surface area contributed by atoms with E-state index >= 15 is 0 Å². The number of rotatable bonds is 6. The van der Waals surface area contributed by atoms with Gasteiger partial charge in [0.2, 0.25) is 0 Å². The van der Waals surface area contributed by atoms with Crippen molar-refractivity contribution in [3.05, 3.63) is 64.2 Å². The molecule has 0 bridgehead atoms. The first-order chi connectivity index (χ1) is 9.69. The Morgan fingerprint density at radius 3 is 2.70 bits per heavy atom. The molecule has 0 amide bonds. The first-order valence-electron chi connectivity index (χ1n) is 6.86. The van der Waals surface area contributed by atoms with E-state index in [4.69, 9.17) is 16.3 Å². The average molecular weight is 290 g/mol. The van der Waals surface area contributed by atoms with E-state index in [9.17, 15) is 0 Å². The summed E-state index contributed by atoms with van der Waals surface area (Å²) in [6.07, 6.45) is 0. The van der Waals surface area contributed by atoms with Gasteiger partial charge in [-0.2, -0.15) is 0 Å². The molecule has 0 aliphatic carbocycles. The lowest BCUT2D eigenvalue weighted by Gasteiger charge is -2.10. The van der Waals surface area contributed by atoms with Crippen LogP contribution in [-0.4, -0.2) is 6.54 Å². The van der Waals surface area contributed by atoms with Crippen molar-refractivity contribution in [2.45, 2.75) is 27.0 Å². The van der Waals surface area contributed by atoms with Gasteiger partial charge in [-0.05, 0) is 42.3 Å². The van der Waals surface area contributed by atoms with Gasteiger partial charge in [0.25, 0.3) is 0 Å². The summed E-state index contributed by atoms with van der Waals surface area (Å²) >= 11 is 6.13. The zero-order valence-electron chi connectivity index (χ0n) is 11.9. The molecule has 3 heteroatoms. The summed E-state index contributed by atoms with van der Waals surface area (Å²) in [4.78, 5) is 0. The molecule has 0 saturated heterocycles.